The third-order valence-electron chi connectivity index (χ3n) is 2.27. The van der Waals surface area contributed by atoms with Gasteiger partial charge in [0.25, 0.3) is 0 Å². The molecule has 1 aromatic carbocycles. The van der Waals surface area contributed by atoms with E-state index in [1.807, 2.05) is 0 Å². The Hall–Kier alpha value is -1.85. The quantitative estimate of drug-likeness (QED) is 0.897. The van der Waals surface area contributed by atoms with Gasteiger partial charge in [-0.1, -0.05) is 18.2 Å². The summed E-state index contributed by atoms with van der Waals surface area (Å²) in [5.41, 5.74) is 1.23. The molecule has 1 aromatic heterocycles. The maximum absolute atomic E-state index is 12.0. The van der Waals surface area contributed by atoms with Crippen LogP contribution in [0.3, 0.4) is 0 Å². The molecule has 0 fully saturated rings. The van der Waals surface area contributed by atoms with Gasteiger partial charge in [0.2, 0.25) is 0 Å². The molecule has 3 nitrogen and oxygen atoms in total. The fourth-order valence-corrected chi connectivity index (χ4v) is 1.49. The molecule has 0 saturated carbocycles. The SMILES string of the molecule is FC(F)(F)CCNc1cnnc2ccccc12. The van der Waals surface area contributed by atoms with Crippen molar-refractivity contribution in [1.29, 1.82) is 0 Å². The predicted octanol–water partition coefficient (Wildman–Crippen LogP) is 2.99. The first-order valence-electron chi connectivity index (χ1n) is 5.07. The molecule has 0 aliphatic carbocycles. The van der Waals surface area contributed by atoms with Gasteiger partial charge in [-0.15, -0.1) is 0 Å². The molecule has 0 amide bonds. The monoisotopic (exact) mass is 241 g/mol. The topological polar surface area (TPSA) is 37.8 Å². The van der Waals surface area contributed by atoms with E-state index in [-0.39, 0.29) is 6.54 Å². The molecule has 17 heavy (non-hydrogen) atoms. The lowest BCUT2D eigenvalue weighted by molar-refractivity contribution is -0.131. The molecule has 0 unspecified atom stereocenters. The number of fused-ring (bicyclic) bond motifs is 1. The third kappa shape index (κ3) is 3.05. The van der Waals surface area contributed by atoms with Crippen LogP contribution in [0, 0.1) is 0 Å². The van der Waals surface area contributed by atoms with Crippen LogP contribution in [-0.4, -0.2) is 22.9 Å². The summed E-state index contributed by atoms with van der Waals surface area (Å²) in [5.74, 6) is 0. The van der Waals surface area contributed by atoms with Crippen molar-refractivity contribution in [1.82, 2.24) is 10.2 Å². The maximum Gasteiger partial charge on any atom is 0.390 e. The number of hydrogen-bond acceptors (Lipinski definition) is 3. The number of anilines is 1. The minimum atomic E-state index is -4.15. The van der Waals surface area contributed by atoms with Crippen molar-refractivity contribution in [3.05, 3.63) is 30.5 Å². The lowest BCUT2D eigenvalue weighted by Crippen LogP contribution is -2.14. The molecular formula is C11H10F3N3. The molecule has 0 atom stereocenters. The second-order valence-corrected chi connectivity index (χ2v) is 3.57. The second kappa shape index (κ2) is 4.57. The van der Waals surface area contributed by atoms with Gasteiger partial charge in [-0.05, 0) is 6.07 Å². The molecule has 6 heteroatoms. The summed E-state index contributed by atoms with van der Waals surface area (Å²) < 4.78 is 36.0. The van der Waals surface area contributed by atoms with Crippen molar-refractivity contribution in [3.8, 4) is 0 Å². The molecule has 0 radical (unpaired) electrons. The van der Waals surface area contributed by atoms with E-state index in [4.69, 9.17) is 0 Å². The standard InChI is InChI=1S/C11H10F3N3/c12-11(13,14)5-6-15-10-7-16-17-9-4-2-1-3-8(9)10/h1-4,7H,5-6H2,(H,15,17). The van der Waals surface area contributed by atoms with Crippen molar-refractivity contribution in [2.24, 2.45) is 0 Å². The summed E-state index contributed by atoms with van der Waals surface area (Å²) in [4.78, 5) is 0. The summed E-state index contributed by atoms with van der Waals surface area (Å²) in [7, 11) is 0. The summed E-state index contributed by atoms with van der Waals surface area (Å²) in [6.45, 7) is -0.167. The van der Waals surface area contributed by atoms with Crippen molar-refractivity contribution < 1.29 is 13.2 Å². The number of alkyl halides is 3. The third-order valence-corrected chi connectivity index (χ3v) is 2.27. The highest BCUT2D eigenvalue weighted by atomic mass is 19.4. The van der Waals surface area contributed by atoms with Gasteiger partial charge in [-0.25, -0.2) is 0 Å². The minimum absolute atomic E-state index is 0.167. The maximum atomic E-state index is 12.0. The highest BCUT2D eigenvalue weighted by Gasteiger charge is 2.26. The summed E-state index contributed by atoms with van der Waals surface area (Å²) >= 11 is 0. The van der Waals surface area contributed by atoms with E-state index < -0.39 is 12.6 Å². The molecule has 0 saturated heterocycles. The van der Waals surface area contributed by atoms with Crippen molar-refractivity contribution >= 4 is 16.6 Å². The Labute approximate surface area is 95.7 Å². The van der Waals surface area contributed by atoms with Gasteiger partial charge in [0, 0.05) is 11.9 Å². The van der Waals surface area contributed by atoms with Gasteiger partial charge in [0.05, 0.1) is 23.8 Å². The summed E-state index contributed by atoms with van der Waals surface area (Å²) in [6, 6.07) is 7.16. The lowest BCUT2D eigenvalue weighted by Gasteiger charge is -2.10. The normalized spacial score (nSPS) is 11.7. The Morgan fingerprint density at radius 3 is 2.71 bits per heavy atom. The Balaban J connectivity index is 2.13. The molecule has 1 heterocycles. The van der Waals surface area contributed by atoms with E-state index in [1.54, 1.807) is 24.3 Å². The fourth-order valence-electron chi connectivity index (χ4n) is 1.49. The van der Waals surface area contributed by atoms with Gasteiger partial charge >= 0.3 is 6.18 Å². The number of rotatable bonds is 3. The predicted molar refractivity (Wildman–Crippen MR) is 58.7 cm³/mol. The largest absolute Gasteiger partial charge is 0.390 e. The molecule has 2 aromatic rings. The Bertz CT molecular complexity index is 505. The van der Waals surface area contributed by atoms with Crippen LogP contribution in [0.1, 0.15) is 6.42 Å². The zero-order chi connectivity index (χ0) is 12.3. The van der Waals surface area contributed by atoms with E-state index >= 15 is 0 Å². The number of hydrogen-bond donors (Lipinski definition) is 1. The second-order valence-electron chi connectivity index (χ2n) is 3.57. The van der Waals surface area contributed by atoms with Crippen LogP contribution in [0.5, 0.6) is 0 Å². The van der Waals surface area contributed by atoms with E-state index in [9.17, 15) is 13.2 Å². The molecule has 1 N–H and O–H groups in total. The average molecular weight is 241 g/mol. The van der Waals surface area contributed by atoms with E-state index in [0.717, 1.165) is 5.39 Å². The Morgan fingerprint density at radius 1 is 1.18 bits per heavy atom. The van der Waals surface area contributed by atoms with Crippen molar-refractivity contribution in [3.63, 3.8) is 0 Å². The van der Waals surface area contributed by atoms with Crippen LogP contribution in [0.15, 0.2) is 30.5 Å². The van der Waals surface area contributed by atoms with Crippen molar-refractivity contribution in [2.75, 3.05) is 11.9 Å². The van der Waals surface area contributed by atoms with Crippen LogP contribution in [0.25, 0.3) is 10.9 Å². The molecule has 0 aliphatic rings. The fraction of sp³-hybridized carbons (Fsp3) is 0.273. The smallest absolute Gasteiger partial charge is 0.383 e. The van der Waals surface area contributed by atoms with E-state index in [0.29, 0.717) is 11.2 Å². The van der Waals surface area contributed by atoms with Crippen LogP contribution < -0.4 is 5.32 Å². The zero-order valence-corrected chi connectivity index (χ0v) is 8.83. The first-order valence-corrected chi connectivity index (χ1v) is 5.07. The number of aromatic nitrogens is 2. The minimum Gasteiger partial charge on any atom is -0.383 e. The number of benzene rings is 1. The van der Waals surface area contributed by atoms with Gasteiger partial charge in [-0.2, -0.15) is 23.4 Å². The molecule has 0 spiro atoms. The van der Waals surface area contributed by atoms with Crippen molar-refractivity contribution in [2.45, 2.75) is 12.6 Å². The van der Waals surface area contributed by atoms with E-state index in [2.05, 4.69) is 15.5 Å². The van der Waals surface area contributed by atoms with Crippen LogP contribution in [0.2, 0.25) is 0 Å². The lowest BCUT2D eigenvalue weighted by atomic mass is 10.2. The molecule has 0 bridgehead atoms. The first-order chi connectivity index (χ1) is 8.06. The molecule has 2 rings (SSSR count). The Morgan fingerprint density at radius 2 is 1.94 bits per heavy atom. The number of halogens is 3. The Kier molecular flexibility index (Phi) is 3.12. The van der Waals surface area contributed by atoms with Gasteiger partial charge < -0.3 is 5.32 Å². The molecule has 90 valence electrons. The average Bonchev–Trinajstić information content (AvgIpc) is 2.28. The summed E-state index contributed by atoms with van der Waals surface area (Å²) in [6.07, 6.45) is -3.59. The van der Waals surface area contributed by atoms with Gasteiger partial charge in [0.1, 0.15) is 0 Å². The van der Waals surface area contributed by atoms with Crippen LogP contribution in [-0.2, 0) is 0 Å². The number of nitrogens with one attached hydrogen (secondary N) is 1. The highest BCUT2D eigenvalue weighted by Crippen LogP contribution is 2.22. The molecular weight excluding hydrogens is 231 g/mol. The van der Waals surface area contributed by atoms with Gasteiger partial charge in [-0.3, -0.25) is 0 Å². The number of nitrogens with zero attached hydrogens (tertiary/aromatic N) is 2. The highest BCUT2D eigenvalue weighted by molar-refractivity contribution is 5.90. The van der Waals surface area contributed by atoms with Gasteiger partial charge in [0.15, 0.2) is 0 Å². The zero-order valence-electron chi connectivity index (χ0n) is 8.83. The summed E-state index contributed by atoms with van der Waals surface area (Å²) in [5, 5.41) is 11.1. The van der Waals surface area contributed by atoms with E-state index in [1.165, 1.54) is 6.20 Å². The first kappa shape index (κ1) is 11.6. The van der Waals surface area contributed by atoms with Crippen LogP contribution in [0.4, 0.5) is 18.9 Å². The molecule has 0 aliphatic heterocycles. The van der Waals surface area contributed by atoms with Crippen LogP contribution >= 0.6 is 0 Å².